The summed E-state index contributed by atoms with van der Waals surface area (Å²) in [5.74, 6) is 0.627. The van der Waals surface area contributed by atoms with Crippen molar-refractivity contribution >= 4 is 22.9 Å². The first-order valence-corrected chi connectivity index (χ1v) is 6.15. The molecule has 0 bridgehead atoms. The van der Waals surface area contributed by atoms with Gasteiger partial charge in [0.2, 0.25) is 5.95 Å². The highest BCUT2D eigenvalue weighted by molar-refractivity contribution is 7.09. The Kier molecular flexibility index (Phi) is 2.49. The Bertz CT molecular complexity index is 609. The van der Waals surface area contributed by atoms with Crippen molar-refractivity contribution in [2.24, 2.45) is 0 Å². The maximum atomic E-state index is 4.37. The number of aromatic nitrogens is 4. The van der Waals surface area contributed by atoms with Crippen molar-refractivity contribution in [1.82, 2.24) is 19.6 Å². The standard InChI is InChI=1S/C11H11N5S/c1-8-13-9(7-17-8)6-12-11-14-10-4-2-3-5-16(10)15-11/h2-5,7H,6H2,1H3,(H,12,15). The second-order valence-corrected chi connectivity index (χ2v) is 4.71. The Hall–Kier alpha value is -1.95. The molecule has 3 aromatic rings. The van der Waals surface area contributed by atoms with Gasteiger partial charge in [-0.15, -0.1) is 16.4 Å². The van der Waals surface area contributed by atoms with Crippen LogP contribution >= 0.6 is 11.3 Å². The quantitative estimate of drug-likeness (QED) is 0.767. The van der Waals surface area contributed by atoms with Gasteiger partial charge in [0.15, 0.2) is 5.65 Å². The minimum absolute atomic E-state index is 0.627. The molecule has 0 amide bonds. The van der Waals surface area contributed by atoms with Crippen LogP contribution in [0, 0.1) is 6.92 Å². The minimum atomic E-state index is 0.627. The fraction of sp³-hybridized carbons (Fsp3) is 0.182. The number of hydrogen-bond acceptors (Lipinski definition) is 5. The molecule has 1 N–H and O–H groups in total. The summed E-state index contributed by atoms with van der Waals surface area (Å²) in [6.07, 6.45) is 1.88. The van der Waals surface area contributed by atoms with E-state index in [-0.39, 0.29) is 0 Å². The first-order chi connectivity index (χ1) is 8.31. The maximum Gasteiger partial charge on any atom is 0.243 e. The highest BCUT2D eigenvalue weighted by atomic mass is 32.1. The molecular weight excluding hydrogens is 234 g/mol. The summed E-state index contributed by atoms with van der Waals surface area (Å²) in [5.41, 5.74) is 1.86. The Morgan fingerprint density at radius 1 is 1.35 bits per heavy atom. The van der Waals surface area contributed by atoms with Crippen LogP contribution in [-0.2, 0) is 6.54 Å². The summed E-state index contributed by atoms with van der Waals surface area (Å²) in [5, 5.41) is 10.6. The van der Waals surface area contributed by atoms with Gasteiger partial charge in [-0.25, -0.2) is 9.50 Å². The van der Waals surface area contributed by atoms with Gasteiger partial charge in [0, 0.05) is 11.6 Å². The lowest BCUT2D eigenvalue weighted by atomic mass is 10.5. The number of anilines is 1. The Labute approximate surface area is 102 Å². The van der Waals surface area contributed by atoms with E-state index in [1.807, 2.05) is 36.7 Å². The number of rotatable bonds is 3. The zero-order chi connectivity index (χ0) is 11.7. The number of hydrogen-bond donors (Lipinski definition) is 1. The molecule has 0 aromatic carbocycles. The average Bonchev–Trinajstić information content (AvgIpc) is 2.91. The second kappa shape index (κ2) is 4.14. The lowest BCUT2D eigenvalue weighted by Gasteiger charge is -1.96. The van der Waals surface area contributed by atoms with Crippen molar-refractivity contribution in [3.05, 3.63) is 40.5 Å². The molecule has 0 aliphatic carbocycles. The van der Waals surface area contributed by atoms with Gasteiger partial charge < -0.3 is 5.32 Å². The summed E-state index contributed by atoms with van der Waals surface area (Å²) in [7, 11) is 0. The Balaban J connectivity index is 1.76. The number of pyridine rings is 1. The molecule has 3 heterocycles. The lowest BCUT2D eigenvalue weighted by molar-refractivity contribution is 0.943. The van der Waals surface area contributed by atoms with Crippen LogP contribution in [0.4, 0.5) is 5.95 Å². The Morgan fingerprint density at radius 3 is 3.06 bits per heavy atom. The zero-order valence-electron chi connectivity index (χ0n) is 9.29. The SMILES string of the molecule is Cc1nc(CNc2nc3ccccn3n2)cs1. The molecule has 0 unspecified atom stereocenters. The predicted octanol–water partition coefficient (Wildman–Crippen LogP) is 2.11. The number of aryl methyl sites for hydroxylation is 1. The molecule has 5 nitrogen and oxygen atoms in total. The van der Waals surface area contributed by atoms with E-state index in [0.29, 0.717) is 12.5 Å². The molecule has 86 valence electrons. The van der Waals surface area contributed by atoms with E-state index in [1.165, 1.54) is 0 Å². The third kappa shape index (κ3) is 2.12. The molecule has 0 spiro atoms. The first-order valence-electron chi connectivity index (χ1n) is 5.27. The molecule has 6 heteroatoms. The number of nitrogens with one attached hydrogen (secondary N) is 1. The van der Waals surface area contributed by atoms with E-state index in [9.17, 15) is 0 Å². The van der Waals surface area contributed by atoms with E-state index in [1.54, 1.807) is 15.9 Å². The first kappa shape index (κ1) is 10.2. The van der Waals surface area contributed by atoms with Gasteiger partial charge >= 0.3 is 0 Å². The smallest absolute Gasteiger partial charge is 0.243 e. The van der Waals surface area contributed by atoms with Crippen LogP contribution in [-0.4, -0.2) is 19.6 Å². The molecule has 0 aliphatic rings. The summed E-state index contributed by atoms with van der Waals surface area (Å²) in [6.45, 7) is 2.65. The van der Waals surface area contributed by atoms with Crippen molar-refractivity contribution in [2.75, 3.05) is 5.32 Å². The third-order valence-electron chi connectivity index (χ3n) is 2.34. The molecule has 3 rings (SSSR count). The molecule has 0 saturated carbocycles. The average molecular weight is 245 g/mol. The van der Waals surface area contributed by atoms with Crippen molar-refractivity contribution < 1.29 is 0 Å². The van der Waals surface area contributed by atoms with Gasteiger partial charge in [0.25, 0.3) is 0 Å². The molecular formula is C11H11N5S. The van der Waals surface area contributed by atoms with Gasteiger partial charge in [-0.05, 0) is 19.1 Å². The largest absolute Gasteiger partial charge is 0.347 e. The van der Waals surface area contributed by atoms with E-state index >= 15 is 0 Å². The van der Waals surface area contributed by atoms with E-state index in [4.69, 9.17) is 0 Å². The van der Waals surface area contributed by atoms with Crippen LogP contribution in [0.1, 0.15) is 10.7 Å². The lowest BCUT2D eigenvalue weighted by Crippen LogP contribution is -2.01. The van der Waals surface area contributed by atoms with Gasteiger partial charge in [0.1, 0.15) is 0 Å². The number of thiazole rings is 1. The second-order valence-electron chi connectivity index (χ2n) is 3.65. The molecule has 0 saturated heterocycles. The van der Waals surface area contributed by atoms with Crippen LogP contribution in [0.5, 0.6) is 0 Å². The zero-order valence-corrected chi connectivity index (χ0v) is 10.1. The third-order valence-corrected chi connectivity index (χ3v) is 3.16. The van der Waals surface area contributed by atoms with Crippen LogP contribution in [0.25, 0.3) is 5.65 Å². The minimum Gasteiger partial charge on any atom is -0.347 e. The van der Waals surface area contributed by atoms with E-state index in [2.05, 4.69) is 20.4 Å². The van der Waals surface area contributed by atoms with Crippen molar-refractivity contribution in [2.45, 2.75) is 13.5 Å². The summed E-state index contributed by atoms with van der Waals surface area (Å²) in [6, 6.07) is 5.79. The maximum absolute atomic E-state index is 4.37. The fourth-order valence-electron chi connectivity index (χ4n) is 1.57. The van der Waals surface area contributed by atoms with Crippen molar-refractivity contribution in [3.63, 3.8) is 0 Å². The van der Waals surface area contributed by atoms with Gasteiger partial charge in [-0.3, -0.25) is 0 Å². The van der Waals surface area contributed by atoms with Crippen LogP contribution in [0.2, 0.25) is 0 Å². The number of fused-ring (bicyclic) bond motifs is 1. The summed E-state index contributed by atoms with van der Waals surface area (Å²) in [4.78, 5) is 8.72. The molecule has 0 radical (unpaired) electrons. The van der Waals surface area contributed by atoms with Gasteiger partial charge in [0.05, 0.1) is 17.2 Å². The van der Waals surface area contributed by atoms with E-state index < -0.39 is 0 Å². The van der Waals surface area contributed by atoms with E-state index in [0.717, 1.165) is 16.3 Å². The molecule has 0 fully saturated rings. The summed E-state index contributed by atoms with van der Waals surface area (Å²) < 4.78 is 1.74. The Morgan fingerprint density at radius 2 is 2.29 bits per heavy atom. The molecule has 0 atom stereocenters. The number of nitrogens with zero attached hydrogens (tertiary/aromatic N) is 4. The highest BCUT2D eigenvalue weighted by Gasteiger charge is 2.03. The van der Waals surface area contributed by atoms with Crippen LogP contribution in [0.3, 0.4) is 0 Å². The van der Waals surface area contributed by atoms with Crippen molar-refractivity contribution in [3.8, 4) is 0 Å². The highest BCUT2D eigenvalue weighted by Crippen LogP contribution is 2.10. The van der Waals surface area contributed by atoms with Gasteiger partial charge in [-0.1, -0.05) is 6.07 Å². The fourth-order valence-corrected chi connectivity index (χ4v) is 2.18. The topological polar surface area (TPSA) is 55.1 Å². The summed E-state index contributed by atoms with van der Waals surface area (Å²) >= 11 is 1.65. The van der Waals surface area contributed by atoms with Crippen molar-refractivity contribution in [1.29, 1.82) is 0 Å². The normalized spacial score (nSPS) is 10.9. The van der Waals surface area contributed by atoms with Gasteiger partial charge in [-0.2, -0.15) is 4.98 Å². The predicted molar refractivity (Wildman–Crippen MR) is 67.2 cm³/mol. The molecule has 3 aromatic heterocycles. The monoisotopic (exact) mass is 245 g/mol. The molecule has 0 aliphatic heterocycles. The van der Waals surface area contributed by atoms with Crippen LogP contribution in [0.15, 0.2) is 29.8 Å². The van der Waals surface area contributed by atoms with Crippen LogP contribution < -0.4 is 5.32 Å². The molecule has 17 heavy (non-hydrogen) atoms.